The Labute approximate surface area is 131 Å². The molecule has 0 spiro atoms. The van der Waals surface area contributed by atoms with E-state index in [4.69, 9.17) is 18.8 Å². The van der Waals surface area contributed by atoms with E-state index in [-0.39, 0.29) is 0 Å². The SMILES string of the molecule is COC(=O)c1cc(B2OC(C)(C)C(C)(C)O2)cc2c1OCC2. The molecule has 0 aliphatic carbocycles. The molecule has 22 heavy (non-hydrogen) atoms. The van der Waals surface area contributed by atoms with Gasteiger partial charge in [-0.05, 0) is 44.8 Å². The summed E-state index contributed by atoms with van der Waals surface area (Å²) in [6.07, 6.45) is 0.771. The summed E-state index contributed by atoms with van der Waals surface area (Å²) in [5, 5.41) is 0. The van der Waals surface area contributed by atoms with Gasteiger partial charge in [0.2, 0.25) is 0 Å². The number of hydrogen-bond acceptors (Lipinski definition) is 5. The lowest BCUT2D eigenvalue weighted by atomic mass is 9.77. The highest BCUT2D eigenvalue weighted by molar-refractivity contribution is 6.62. The van der Waals surface area contributed by atoms with Gasteiger partial charge in [0.1, 0.15) is 11.3 Å². The number of benzene rings is 1. The Morgan fingerprint density at radius 2 is 1.82 bits per heavy atom. The van der Waals surface area contributed by atoms with Crippen molar-refractivity contribution in [2.45, 2.75) is 45.3 Å². The third kappa shape index (κ3) is 2.30. The zero-order valence-electron chi connectivity index (χ0n) is 13.7. The van der Waals surface area contributed by atoms with E-state index in [1.807, 2.05) is 33.8 Å². The van der Waals surface area contributed by atoms with Gasteiger partial charge in [-0.15, -0.1) is 0 Å². The Hall–Kier alpha value is -1.53. The minimum atomic E-state index is -0.501. The van der Waals surface area contributed by atoms with E-state index in [0.717, 1.165) is 17.4 Å². The van der Waals surface area contributed by atoms with Crippen LogP contribution in [0.25, 0.3) is 0 Å². The maximum atomic E-state index is 12.0. The normalized spacial score (nSPS) is 21.4. The number of fused-ring (bicyclic) bond motifs is 1. The van der Waals surface area contributed by atoms with E-state index in [9.17, 15) is 4.79 Å². The van der Waals surface area contributed by atoms with E-state index in [1.165, 1.54) is 7.11 Å². The first-order chi connectivity index (χ1) is 10.2. The standard InChI is InChI=1S/C16H21BO5/c1-15(2)16(3,4)22-17(21-15)11-8-10-6-7-20-13(10)12(9-11)14(18)19-5/h8-9H,6-7H2,1-5H3. The Balaban J connectivity index is 2.01. The number of carbonyl (C=O) groups excluding carboxylic acids is 1. The average molecular weight is 304 g/mol. The Morgan fingerprint density at radius 1 is 1.18 bits per heavy atom. The molecule has 0 atom stereocenters. The topological polar surface area (TPSA) is 54.0 Å². The van der Waals surface area contributed by atoms with Gasteiger partial charge in [-0.2, -0.15) is 0 Å². The second-order valence-electron chi connectivity index (χ2n) is 6.74. The molecule has 0 saturated carbocycles. The highest BCUT2D eigenvalue weighted by Crippen LogP contribution is 2.37. The number of esters is 1. The van der Waals surface area contributed by atoms with E-state index in [2.05, 4.69) is 0 Å². The molecule has 1 fully saturated rings. The number of methoxy groups -OCH3 is 1. The van der Waals surface area contributed by atoms with Gasteiger partial charge >= 0.3 is 13.1 Å². The predicted octanol–water partition coefficient (Wildman–Crippen LogP) is 1.71. The van der Waals surface area contributed by atoms with Gasteiger partial charge in [0, 0.05) is 6.42 Å². The first-order valence-electron chi connectivity index (χ1n) is 7.49. The lowest BCUT2D eigenvalue weighted by Crippen LogP contribution is -2.41. The summed E-state index contributed by atoms with van der Waals surface area (Å²) in [5.41, 5.74) is 1.41. The third-order valence-electron chi connectivity index (χ3n) is 4.74. The zero-order valence-corrected chi connectivity index (χ0v) is 13.7. The fourth-order valence-electron chi connectivity index (χ4n) is 2.71. The van der Waals surface area contributed by atoms with Crippen LogP contribution in [0.1, 0.15) is 43.6 Å². The zero-order chi connectivity index (χ0) is 16.1. The maximum absolute atomic E-state index is 12.0. The van der Waals surface area contributed by atoms with Crippen LogP contribution in [0.2, 0.25) is 0 Å². The quantitative estimate of drug-likeness (QED) is 0.615. The van der Waals surface area contributed by atoms with Crippen molar-refractivity contribution in [1.82, 2.24) is 0 Å². The van der Waals surface area contributed by atoms with E-state index >= 15 is 0 Å². The molecule has 2 heterocycles. The lowest BCUT2D eigenvalue weighted by molar-refractivity contribution is 0.00578. The van der Waals surface area contributed by atoms with Gasteiger partial charge in [-0.1, -0.05) is 6.07 Å². The fraction of sp³-hybridized carbons (Fsp3) is 0.562. The smallest absolute Gasteiger partial charge is 0.492 e. The molecule has 0 amide bonds. The minimum absolute atomic E-state index is 0.406. The number of ether oxygens (including phenoxy) is 2. The molecule has 118 valence electrons. The predicted molar refractivity (Wildman–Crippen MR) is 82.7 cm³/mol. The van der Waals surface area contributed by atoms with Gasteiger partial charge in [0.25, 0.3) is 0 Å². The van der Waals surface area contributed by atoms with E-state index in [0.29, 0.717) is 17.9 Å². The molecule has 2 aliphatic heterocycles. The van der Waals surface area contributed by atoms with Crippen molar-refractivity contribution < 1.29 is 23.6 Å². The second-order valence-corrected chi connectivity index (χ2v) is 6.74. The second kappa shape index (κ2) is 5.00. The van der Waals surface area contributed by atoms with Gasteiger partial charge in [-0.3, -0.25) is 0 Å². The van der Waals surface area contributed by atoms with Crippen molar-refractivity contribution in [3.8, 4) is 5.75 Å². The van der Waals surface area contributed by atoms with Crippen LogP contribution in [0.4, 0.5) is 0 Å². The van der Waals surface area contributed by atoms with Crippen LogP contribution in [-0.4, -0.2) is 38.0 Å². The number of hydrogen-bond donors (Lipinski definition) is 0. The summed E-state index contributed by atoms with van der Waals surface area (Å²) in [7, 11) is 0.866. The molecule has 6 heteroatoms. The van der Waals surface area contributed by atoms with Crippen molar-refractivity contribution in [3.63, 3.8) is 0 Å². The summed E-state index contributed by atoms with van der Waals surface area (Å²) in [5.74, 6) is 0.212. The highest BCUT2D eigenvalue weighted by atomic mass is 16.7. The lowest BCUT2D eigenvalue weighted by Gasteiger charge is -2.32. The minimum Gasteiger partial charge on any atom is -0.492 e. The third-order valence-corrected chi connectivity index (χ3v) is 4.74. The van der Waals surface area contributed by atoms with Crippen LogP contribution in [0, 0.1) is 0 Å². The van der Waals surface area contributed by atoms with Crippen molar-refractivity contribution in [3.05, 3.63) is 23.3 Å². The van der Waals surface area contributed by atoms with Crippen molar-refractivity contribution >= 4 is 18.6 Å². The molecule has 1 saturated heterocycles. The summed E-state index contributed by atoms with van der Waals surface area (Å²) in [6.45, 7) is 8.59. The van der Waals surface area contributed by atoms with E-state index < -0.39 is 24.3 Å². The van der Waals surface area contributed by atoms with Crippen LogP contribution in [0.15, 0.2) is 12.1 Å². The number of rotatable bonds is 2. The molecular formula is C16H21BO5. The monoisotopic (exact) mass is 304 g/mol. The van der Waals surface area contributed by atoms with Crippen LogP contribution >= 0.6 is 0 Å². The molecule has 1 aromatic carbocycles. The van der Waals surface area contributed by atoms with Crippen molar-refractivity contribution in [2.75, 3.05) is 13.7 Å². The van der Waals surface area contributed by atoms with E-state index in [1.54, 1.807) is 6.07 Å². The van der Waals surface area contributed by atoms with Crippen LogP contribution in [0.5, 0.6) is 5.75 Å². The Bertz CT molecular complexity index is 607. The van der Waals surface area contributed by atoms with Crippen LogP contribution in [0.3, 0.4) is 0 Å². The summed E-state index contributed by atoms with van der Waals surface area (Å²) in [4.78, 5) is 12.0. The maximum Gasteiger partial charge on any atom is 0.494 e. The van der Waals surface area contributed by atoms with Crippen LogP contribution in [-0.2, 0) is 20.5 Å². The van der Waals surface area contributed by atoms with Crippen LogP contribution < -0.4 is 10.2 Å². The average Bonchev–Trinajstić information content (AvgIpc) is 2.99. The fourth-order valence-corrected chi connectivity index (χ4v) is 2.71. The Morgan fingerprint density at radius 3 is 2.41 bits per heavy atom. The first kappa shape index (κ1) is 15.4. The molecule has 3 rings (SSSR count). The van der Waals surface area contributed by atoms with Gasteiger partial charge in [-0.25, -0.2) is 4.79 Å². The molecule has 0 unspecified atom stereocenters. The van der Waals surface area contributed by atoms with Gasteiger partial charge in [0.15, 0.2) is 0 Å². The number of carbonyl (C=O) groups is 1. The summed E-state index contributed by atoms with van der Waals surface area (Å²) >= 11 is 0. The molecule has 2 aliphatic rings. The summed E-state index contributed by atoms with van der Waals surface area (Å²) in [6, 6.07) is 3.75. The molecular weight excluding hydrogens is 283 g/mol. The molecule has 0 radical (unpaired) electrons. The molecule has 5 nitrogen and oxygen atoms in total. The Kier molecular flexibility index (Phi) is 3.49. The van der Waals surface area contributed by atoms with Crippen molar-refractivity contribution in [1.29, 1.82) is 0 Å². The largest absolute Gasteiger partial charge is 0.494 e. The summed E-state index contributed by atoms with van der Waals surface area (Å²) < 4.78 is 22.6. The van der Waals surface area contributed by atoms with Gasteiger partial charge < -0.3 is 18.8 Å². The molecule has 0 N–H and O–H groups in total. The first-order valence-corrected chi connectivity index (χ1v) is 7.49. The van der Waals surface area contributed by atoms with Crippen molar-refractivity contribution in [2.24, 2.45) is 0 Å². The molecule has 0 aromatic heterocycles. The molecule has 1 aromatic rings. The van der Waals surface area contributed by atoms with Gasteiger partial charge in [0.05, 0.1) is 24.9 Å². The highest BCUT2D eigenvalue weighted by Gasteiger charge is 2.52. The molecule has 0 bridgehead atoms.